The lowest BCUT2D eigenvalue weighted by molar-refractivity contribution is -0.189. The average molecular weight is 406 g/mol. The lowest BCUT2D eigenvalue weighted by Gasteiger charge is -2.54. The average Bonchev–Trinajstić information content (AvgIpc) is 2.99. The van der Waals surface area contributed by atoms with E-state index in [1.165, 1.54) is 4.90 Å². The predicted octanol–water partition coefficient (Wildman–Crippen LogP) is 2.13. The minimum Gasteiger partial charge on any atom is -0.493 e. The Morgan fingerprint density at radius 2 is 1.77 bits per heavy atom. The molecule has 154 valence electrons. The molecule has 2 aromatic rings. The molecule has 0 bridgehead atoms. The molecule has 0 spiro atoms. The van der Waals surface area contributed by atoms with Crippen molar-refractivity contribution in [2.75, 3.05) is 14.2 Å². The van der Waals surface area contributed by atoms with Crippen LogP contribution in [0.2, 0.25) is 0 Å². The predicted molar refractivity (Wildman–Crippen MR) is 109 cm³/mol. The largest absolute Gasteiger partial charge is 0.493 e. The second-order valence-corrected chi connectivity index (χ2v) is 7.86. The molecule has 0 aromatic heterocycles. The molecule has 5 rings (SSSR count). The molecule has 30 heavy (non-hydrogen) atoms. The molecule has 1 fully saturated rings. The maximum absolute atomic E-state index is 13.3. The number of hydrogen-bond acceptors (Lipinski definition) is 5. The maximum Gasteiger partial charge on any atom is 0.257 e. The number of ether oxygens (including phenoxy) is 2. The van der Waals surface area contributed by atoms with E-state index in [1.807, 2.05) is 6.07 Å². The number of hydrogen-bond donors (Lipinski definition) is 1. The first-order valence-corrected chi connectivity index (χ1v) is 9.77. The molecule has 0 radical (unpaired) electrons. The monoisotopic (exact) mass is 406 g/mol. The third-order valence-electron chi connectivity index (χ3n) is 6.52. The highest BCUT2D eigenvalue weighted by molar-refractivity contribution is 6.05. The first-order chi connectivity index (χ1) is 14.3. The number of aliphatic hydroxyl groups is 1. The standard InChI is InChI=1S/C23H22N2O5/c1-12-16-11-19(30-4)18(29-3)9-14(16)10-20-23(28)17-8-6-5-7-15(17)22(27)25(23)13(2)21(26)24(12)20/h5-9,11,13,20,28H,1,10H2,2-4H3/t13-,20+,23+/m0/s1. The van der Waals surface area contributed by atoms with Crippen LogP contribution in [0.5, 0.6) is 11.5 Å². The molecule has 7 heteroatoms. The van der Waals surface area contributed by atoms with Gasteiger partial charge in [-0.2, -0.15) is 0 Å². The summed E-state index contributed by atoms with van der Waals surface area (Å²) in [5.41, 5.74) is 1.40. The van der Waals surface area contributed by atoms with Crippen molar-refractivity contribution in [3.63, 3.8) is 0 Å². The van der Waals surface area contributed by atoms with Gasteiger partial charge in [-0.1, -0.05) is 24.8 Å². The Kier molecular flexibility index (Phi) is 3.79. The van der Waals surface area contributed by atoms with Crippen LogP contribution < -0.4 is 9.47 Å². The smallest absolute Gasteiger partial charge is 0.257 e. The topological polar surface area (TPSA) is 79.3 Å². The van der Waals surface area contributed by atoms with E-state index >= 15 is 0 Å². The van der Waals surface area contributed by atoms with Gasteiger partial charge in [0.1, 0.15) is 6.04 Å². The van der Waals surface area contributed by atoms with E-state index in [0.717, 1.165) is 11.1 Å². The summed E-state index contributed by atoms with van der Waals surface area (Å²) < 4.78 is 10.8. The zero-order chi connectivity index (χ0) is 21.4. The van der Waals surface area contributed by atoms with Crippen LogP contribution in [0.25, 0.3) is 5.70 Å². The molecule has 3 atom stereocenters. The number of carbonyl (C=O) groups excluding carboxylic acids is 2. The molecule has 3 heterocycles. The molecule has 2 amide bonds. The Bertz CT molecular complexity index is 1130. The maximum atomic E-state index is 13.3. The number of rotatable bonds is 2. The zero-order valence-corrected chi connectivity index (χ0v) is 17.0. The summed E-state index contributed by atoms with van der Waals surface area (Å²) >= 11 is 0. The quantitative estimate of drug-likeness (QED) is 0.827. The van der Waals surface area contributed by atoms with Crippen molar-refractivity contribution in [3.8, 4) is 11.5 Å². The van der Waals surface area contributed by atoms with Gasteiger partial charge in [-0.15, -0.1) is 0 Å². The normalized spacial score (nSPS) is 26.7. The fourth-order valence-electron chi connectivity index (χ4n) is 5.11. The Labute approximate surface area is 174 Å². The fraction of sp³-hybridized carbons (Fsp3) is 0.304. The van der Waals surface area contributed by atoms with E-state index in [-0.39, 0.29) is 11.8 Å². The molecule has 0 unspecified atom stereocenters. The van der Waals surface area contributed by atoms with E-state index in [1.54, 1.807) is 56.4 Å². The number of fused-ring (bicyclic) bond motifs is 6. The van der Waals surface area contributed by atoms with Crippen molar-refractivity contribution in [3.05, 3.63) is 65.2 Å². The van der Waals surface area contributed by atoms with Crippen LogP contribution in [0.3, 0.4) is 0 Å². The Morgan fingerprint density at radius 3 is 2.47 bits per heavy atom. The van der Waals surface area contributed by atoms with E-state index < -0.39 is 17.8 Å². The SMILES string of the molecule is C=C1c2cc(OC)c(OC)cc2C[C@H]2N1C(=O)[C@H](C)N1C(=O)c3ccccc3[C@@]21O. The summed E-state index contributed by atoms with van der Waals surface area (Å²) in [5, 5.41) is 12.0. The number of carbonyl (C=O) groups is 2. The van der Waals surface area contributed by atoms with E-state index in [2.05, 4.69) is 6.58 Å². The second kappa shape index (κ2) is 6.09. The summed E-state index contributed by atoms with van der Waals surface area (Å²) in [6, 6.07) is 9.10. The van der Waals surface area contributed by atoms with Gasteiger partial charge in [-0.3, -0.25) is 14.5 Å². The van der Waals surface area contributed by atoms with E-state index in [4.69, 9.17) is 9.47 Å². The summed E-state index contributed by atoms with van der Waals surface area (Å²) in [6.45, 7) is 5.81. The Morgan fingerprint density at radius 1 is 1.10 bits per heavy atom. The van der Waals surface area contributed by atoms with Gasteiger partial charge in [0.05, 0.1) is 20.3 Å². The molecule has 3 aliphatic rings. The fourth-order valence-corrected chi connectivity index (χ4v) is 5.11. The minimum absolute atomic E-state index is 0.267. The van der Waals surface area contributed by atoms with Gasteiger partial charge in [0.2, 0.25) is 5.91 Å². The Hall–Kier alpha value is -3.32. The summed E-state index contributed by atoms with van der Waals surface area (Å²) in [5.74, 6) is 0.489. The third kappa shape index (κ3) is 2.07. The molecule has 0 aliphatic carbocycles. The number of nitrogens with zero attached hydrogens (tertiary/aromatic N) is 2. The number of amides is 2. The molecule has 3 aliphatic heterocycles. The lowest BCUT2D eigenvalue weighted by Crippen LogP contribution is -2.70. The van der Waals surface area contributed by atoms with Crippen molar-refractivity contribution in [2.24, 2.45) is 0 Å². The number of benzene rings is 2. The van der Waals surface area contributed by atoms with Gasteiger partial charge < -0.3 is 19.5 Å². The van der Waals surface area contributed by atoms with Crippen molar-refractivity contribution in [1.29, 1.82) is 0 Å². The van der Waals surface area contributed by atoms with Crippen LogP contribution in [0.15, 0.2) is 43.0 Å². The highest BCUT2D eigenvalue weighted by Gasteiger charge is 2.63. The molecule has 1 N–H and O–H groups in total. The minimum atomic E-state index is -1.64. The van der Waals surface area contributed by atoms with Gasteiger partial charge in [0.15, 0.2) is 17.2 Å². The van der Waals surface area contributed by atoms with Gasteiger partial charge in [0.25, 0.3) is 5.91 Å². The van der Waals surface area contributed by atoms with Crippen LogP contribution in [-0.4, -0.2) is 53.0 Å². The molecule has 2 aromatic carbocycles. The molecule has 0 saturated carbocycles. The van der Waals surface area contributed by atoms with Crippen molar-refractivity contribution in [1.82, 2.24) is 9.80 Å². The molecular formula is C23H22N2O5. The van der Waals surface area contributed by atoms with Crippen LogP contribution in [0.4, 0.5) is 0 Å². The molecule has 1 saturated heterocycles. The third-order valence-corrected chi connectivity index (χ3v) is 6.52. The van der Waals surface area contributed by atoms with E-state index in [0.29, 0.717) is 34.7 Å². The highest BCUT2D eigenvalue weighted by atomic mass is 16.5. The van der Waals surface area contributed by atoms with Gasteiger partial charge in [-0.25, -0.2) is 0 Å². The van der Waals surface area contributed by atoms with Crippen LogP contribution in [0.1, 0.15) is 34.0 Å². The summed E-state index contributed by atoms with van der Waals surface area (Å²) in [6.07, 6.45) is 0.335. The second-order valence-electron chi connectivity index (χ2n) is 7.86. The Balaban J connectivity index is 1.73. The van der Waals surface area contributed by atoms with Gasteiger partial charge in [0, 0.05) is 22.4 Å². The number of methoxy groups -OCH3 is 2. The lowest BCUT2D eigenvalue weighted by atomic mass is 9.80. The van der Waals surface area contributed by atoms with Gasteiger partial charge in [-0.05, 0) is 37.1 Å². The first-order valence-electron chi connectivity index (χ1n) is 9.77. The summed E-state index contributed by atoms with van der Waals surface area (Å²) in [4.78, 5) is 29.3. The van der Waals surface area contributed by atoms with Crippen molar-refractivity contribution < 1.29 is 24.2 Å². The first kappa shape index (κ1) is 18.7. The van der Waals surface area contributed by atoms with Crippen LogP contribution >= 0.6 is 0 Å². The molecule has 7 nitrogen and oxygen atoms in total. The van der Waals surface area contributed by atoms with Crippen LogP contribution in [-0.2, 0) is 16.9 Å². The van der Waals surface area contributed by atoms with Crippen molar-refractivity contribution in [2.45, 2.75) is 31.2 Å². The molecular weight excluding hydrogens is 384 g/mol. The van der Waals surface area contributed by atoms with Crippen LogP contribution in [0, 0.1) is 0 Å². The summed E-state index contributed by atoms with van der Waals surface area (Å²) in [7, 11) is 3.11. The van der Waals surface area contributed by atoms with Gasteiger partial charge >= 0.3 is 0 Å². The van der Waals surface area contributed by atoms with Crippen molar-refractivity contribution >= 4 is 17.5 Å². The number of piperazine rings is 1. The highest BCUT2D eigenvalue weighted by Crippen LogP contribution is 2.51. The van der Waals surface area contributed by atoms with E-state index in [9.17, 15) is 14.7 Å². The zero-order valence-electron chi connectivity index (χ0n) is 17.0.